The zero-order valence-electron chi connectivity index (χ0n) is 9.03. The molecule has 0 aliphatic heterocycles. The second kappa shape index (κ2) is 4.48. The lowest BCUT2D eigenvalue weighted by Gasteiger charge is -2.19. The number of aromatic nitrogens is 1. The van der Waals surface area contributed by atoms with Crippen molar-refractivity contribution < 1.29 is 9.53 Å². The van der Waals surface area contributed by atoms with Gasteiger partial charge in [-0.2, -0.15) is 0 Å². The average molecular weight is 229 g/mol. The summed E-state index contributed by atoms with van der Waals surface area (Å²) in [6.45, 7) is 5.84. The van der Waals surface area contributed by atoms with E-state index in [1.807, 2.05) is 20.8 Å². The van der Waals surface area contributed by atoms with Crippen LogP contribution in [0.5, 0.6) is 0 Å². The highest BCUT2D eigenvalue weighted by Crippen LogP contribution is 2.14. The molecule has 0 saturated heterocycles. The van der Waals surface area contributed by atoms with Crippen molar-refractivity contribution in [1.29, 1.82) is 0 Å². The third kappa shape index (κ3) is 4.64. The second-order valence-electron chi connectivity index (χ2n) is 4.02. The van der Waals surface area contributed by atoms with Crippen molar-refractivity contribution in [2.75, 3.05) is 5.73 Å². The van der Waals surface area contributed by atoms with E-state index in [2.05, 4.69) is 10.3 Å². The molecule has 1 rings (SSSR count). The molecule has 0 radical (unpaired) electrons. The minimum Gasteiger partial charge on any atom is -0.444 e. The van der Waals surface area contributed by atoms with E-state index >= 15 is 0 Å². The van der Waals surface area contributed by atoms with Crippen LogP contribution in [-0.4, -0.2) is 16.7 Å². The molecule has 1 aromatic heterocycles. The van der Waals surface area contributed by atoms with Gasteiger partial charge in [0.2, 0.25) is 0 Å². The van der Waals surface area contributed by atoms with Crippen LogP contribution in [0.3, 0.4) is 0 Å². The van der Waals surface area contributed by atoms with E-state index in [1.54, 1.807) is 6.20 Å². The van der Waals surface area contributed by atoms with Gasteiger partial charge in [0.1, 0.15) is 5.60 Å². The molecule has 5 nitrogen and oxygen atoms in total. The topological polar surface area (TPSA) is 77.2 Å². The summed E-state index contributed by atoms with van der Waals surface area (Å²) in [5, 5.41) is 3.12. The van der Waals surface area contributed by atoms with Crippen LogP contribution in [0, 0.1) is 0 Å². The first-order chi connectivity index (χ1) is 6.87. The SMILES string of the molecule is CC(C)(C)OC(=O)NCc1cnc(N)s1. The third-order valence-corrected chi connectivity index (χ3v) is 2.20. The Morgan fingerprint density at radius 1 is 1.67 bits per heavy atom. The molecule has 0 aromatic carbocycles. The first-order valence-corrected chi connectivity index (χ1v) is 5.35. The maximum absolute atomic E-state index is 11.3. The zero-order valence-corrected chi connectivity index (χ0v) is 9.85. The number of ether oxygens (including phenoxy) is 1. The average Bonchev–Trinajstić information content (AvgIpc) is 2.45. The molecule has 1 aromatic rings. The Hall–Kier alpha value is -1.30. The van der Waals surface area contributed by atoms with Crippen LogP contribution in [-0.2, 0) is 11.3 Å². The summed E-state index contributed by atoms with van der Waals surface area (Å²) >= 11 is 1.34. The number of carbonyl (C=O) groups is 1. The van der Waals surface area contributed by atoms with Crippen LogP contribution in [0.15, 0.2) is 6.20 Å². The predicted octanol–water partition coefficient (Wildman–Crippen LogP) is 1.75. The van der Waals surface area contributed by atoms with E-state index in [4.69, 9.17) is 10.5 Å². The van der Waals surface area contributed by atoms with Gasteiger partial charge in [-0.25, -0.2) is 9.78 Å². The lowest BCUT2D eigenvalue weighted by atomic mass is 10.2. The Morgan fingerprint density at radius 3 is 2.80 bits per heavy atom. The highest BCUT2D eigenvalue weighted by atomic mass is 32.1. The number of nitrogen functional groups attached to an aromatic ring is 1. The monoisotopic (exact) mass is 229 g/mol. The van der Waals surface area contributed by atoms with Crippen LogP contribution in [0.2, 0.25) is 0 Å². The van der Waals surface area contributed by atoms with Gasteiger partial charge in [-0.3, -0.25) is 0 Å². The predicted molar refractivity (Wildman–Crippen MR) is 59.6 cm³/mol. The Labute approximate surface area is 92.6 Å². The second-order valence-corrected chi connectivity index (χ2v) is 5.17. The number of hydrogen-bond acceptors (Lipinski definition) is 5. The molecule has 0 atom stereocenters. The molecule has 0 unspecified atom stereocenters. The summed E-state index contributed by atoms with van der Waals surface area (Å²) in [5.74, 6) is 0. The fourth-order valence-corrected chi connectivity index (χ4v) is 1.50. The molecule has 0 aliphatic rings. The number of nitrogens with one attached hydrogen (secondary N) is 1. The van der Waals surface area contributed by atoms with Crippen LogP contribution in [0.4, 0.5) is 9.93 Å². The van der Waals surface area contributed by atoms with Gasteiger partial charge in [0.15, 0.2) is 5.13 Å². The quantitative estimate of drug-likeness (QED) is 0.810. The molecule has 1 heterocycles. The van der Waals surface area contributed by atoms with Crippen LogP contribution < -0.4 is 11.1 Å². The van der Waals surface area contributed by atoms with Gasteiger partial charge < -0.3 is 15.8 Å². The summed E-state index contributed by atoms with van der Waals surface area (Å²) in [4.78, 5) is 16.0. The summed E-state index contributed by atoms with van der Waals surface area (Å²) in [5.41, 5.74) is 4.97. The van der Waals surface area contributed by atoms with Gasteiger partial charge in [-0.1, -0.05) is 0 Å². The molecule has 6 heteroatoms. The number of hydrogen-bond donors (Lipinski definition) is 2. The number of anilines is 1. The summed E-state index contributed by atoms with van der Waals surface area (Å²) in [6.07, 6.45) is 1.20. The Balaban J connectivity index is 2.35. The van der Waals surface area contributed by atoms with Crippen molar-refractivity contribution in [2.45, 2.75) is 32.9 Å². The van der Waals surface area contributed by atoms with Crippen LogP contribution >= 0.6 is 11.3 Å². The zero-order chi connectivity index (χ0) is 11.5. The fraction of sp³-hybridized carbons (Fsp3) is 0.556. The third-order valence-electron chi connectivity index (χ3n) is 1.38. The molecule has 0 aliphatic carbocycles. The van der Waals surface area contributed by atoms with Crippen molar-refractivity contribution in [2.24, 2.45) is 0 Å². The lowest BCUT2D eigenvalue weighted by molar-refractivity contribution is 0.0524. The molecule has 0 spiro atoms. The van der Waals surface area contributed by atoms with E-state index in [-0.39, 0.29) is 0 Å². The van der Waals surface area contributed by atoms with Gasteiger partial charge in [-0.05, 0) is 20.8 Å². The van der Waals surface area contributed by atoms with E-state index in [0.717, 1.165) is 4.88 Å². The lowest BCUT2D eigenvalue weighted by Crippen LogP contribution is -2.31. The molecular weight excluding hydrogens is 214 g/mol. The van der Waals surface area contributed by atoms with Gasteiger partial charge in [0.25, 0.3) is 0 Å². The van der Waals surface area contributed by atoms with Crippen molar-refractivity contribution in [3.63, 3.8) is 0 Å². The number of nitrogens with zero attached hydrogens (tertiary/aromatic N) is 1. The minimum atomic E-state index is -0.475. The van der Waals surface area contributed by atoms with E-state index in [1.165, 1.54) is 11.3 Å². The number of alkyl carbamates (subject to hydrolysis) is 1. The van der Waals surface area contributed by atoms with Crippen LogP contribution in [0.1, 0.15) is 25.6 Å². The Bertz CT molecular complexity index is 343. The van der Waals surface area contributed by atoms with Crippen molar-refractivity contribution in [3.8, 4) is 0 Å². The first kappa shape index (κ1) is 11.8. The maximum atomic E-state index is 11.3. The normalized spacial score (nSPS) is 11.1. The Morgan fingerprint density at radius 2 is 2.33 bits per heavy atom. The number of amides is 1. The molecular formula is C9H15N3O2S. The molecule has 0 saturated carbocycles. The standard InChI is InChI=1S/C9H15N3O2S/c1-9(2,3)14-8(13)12-5-6-4-11-7(10)15-6/h4H,5H2,1-3H3,(H2,10,11)(H,12,13). The molecule has 0 fully saturated rings. The number of nitrogens with two attached hydrogens (primary N) is 1. The summed E-state index contributed by atoms with van der Waals surface area (Å²) in [6, 6.07) is 0. The number of thiazole rings is 1. The van der Waals surface area contributed by atoms with Gasteiger partial charge in [-0.15, -0.1) is 11.3 Å². The maximum Gasteiger partial charge on any atom is 0.407 e. The van der Waals surface area contributed by atoms with E-state index in [9.17, 15) is 4.79 Å². The van der Waals surface area contributed by atoms with Crippen molar-refractivity contribution in [1.82, 2.24) is 10.3 Å². The molecule has 84 valence electrons. The van der Waals surface area contributed by atoms with Crippen molar-refractivity contribution in [3.05, 3.63) is 11.1 Å². The molecule has 0 bridgehead atoms. The fourth-order valence-electron chi connectivity index (χ4n) is 0.878. The first-order valence-electron chi connectivity index (χ1n) is 4.54. The minimum absolute atomic E-state index is 0.393. The molecule has 3 N–H and O–H groups in total. The summed E-state index contributed by atoms with van der Waals surface area (Å²) < 4.78 is 5.07. The highest BCUT2D eigenvalue weighted by molar-refractivity contribution is 7.15. The smallest absolute Gasteiger partial charge is 0.407 e. The number of carbonyl (C=O) groups excluding carboxylic acids is 1. The van der Waals surface area contributed by atoms with E-state index < -0.39 is 11.7 Å². The van der Waals surface area contributed by atoms with Gasteiger partial charge in [0, 0.05) is 11.1 Å². The van der Waals surface area contributed by atoms with E-state index in [0.29, 0.717) is 11.7 Å². The Kier molecular flexibility index (Phi) is 3.52. The van der Waals surface area contributed by atoms with Gasteiger partial charge in [0.05, 0.1) is 6.54 Å². The van der Waals surface area contributed by atoms with Crippen LogP contribution in [0.25, 0.3) is 0 Å². The highest BCUT2D eigenvalue weighted by Gasteiger charge is 2.15. The summed E-state index contributed by atoms with van der Waals surface area (Å²) in [7, 11) is 0. The van der Waals surface area contributed by atoms with Crippen molar-refractivity contribution >= 4 is 22.6 Å². The molecule has 15 heavy (non-hydrogen) atoms. The number of rotatable bonds is 2. The largest absolute Gasteiger partial charge is 0.444 e. The molecule has 1 amide bonds. The van der Waals surface area contributed by atoms with Gasteiger partial charge >= 0.3 is 6.09 Å².